The molecule has 1 aliphatic heterocycles. The number of esters is 1. The van der Waals surface area contributed by atoms with E-state index in [1.807, 2.05) is 45.3 Å². The topological polar surface area (TPSA) is 44.8 Å². The molecule has 5 heteroatoms. The van der Waals surface area contributed by atoms with Crippen LogP contribution in [-0.4, -0.2) is 38.4 Å². The summed E-state index contributed by atoms with van der Waals surface area (Å²) in [5, 5.41) is 0. The Kier molecular flexibility index (Phi) is 3.96. The number of carbonyl (C=O) groups is 1. The van der Waals surface area contributed by atoms with Crippen molar-refractivity contribution in [2.24, 2.45) is 0 Å². The molecule has 0 saturated carbocycles. The van der Waals surface area contributed by atoms with Crippen LogP contribution >= 0.6 is 0 Å². The lowest BCUT2D eigenvalue weighted by molar-refractivity contribution is -1.10. The zero-order valence-corrected chi connectivity index (χ0v) is 13.2. The average Bonchev–Trinajstić information content (AvgIpc) is 2.71. The number of likely N-dealkylation sites (N-methyl/N-ethyl adjacent to an activating group) is 1. The lowest BCUT2D eigenvalue weighted by Crippen LogP contribution is -2.53. The van der Waals surface area contributed by atoms with Crippen LogP contribution in [0, 0.1) is 0 Å². The molecule has 0 amide bonds. The third-order valence-electron chi connectivity index (χ3n) is 4.18. The molecule has 0 fully saturated rings. The molecule has 21 heavy (non-hydrogen) atoms. The Morgan fingerprint density at radius 2 is 1.90 bits per heavy atom. The number of quaternary nitrogens is 1. The lowest BCUT2D eigenvalue weighted by atomic mass is 9.83. The number of hydrogen-bond donors (Lipinski definition) is 0. The lowest BCUT2D eigenvalue weighted by Gasteiger charge is -2.38. The molecule has 0 radical (unpaired) electrons. The van der Waals surface area contributed by atoms with Gasteiger partial charge in [0.2, 0.25) is 0 Å². The highest BCUT2D eigenvalue weighted by molar-refractivity contribution is 5.91. The maximum atomic E-state index is 12.2. The first-order chi connectivity index (χ1) is 9.86. The molecule has 1 heterocycles. The minimum atomic E-state index is -0.640. The summed E-state index contributed by atoms with van der Waals surface area (Å²) in [6.07, 6.45) is 1.50. The number of rotatable bonds is 4. The average molecular weight is 292 g/mol. The molecule has 5 nitrogen and oxygen atoms in total. The molecule has 0 saturated heterocycles. The fourth-order valence-corrected chi connectivity index (χ4v) is 2.53. The molecule has 0 aliphatic carbocycles. The van der Waals surface area contributed by atoms with Gasteiger partial charge in [0, 0.05) is 12.5 Å². The van der Waals surface area contributed by atoms with Gasteiger partial charge in [0.15, 0.2) is 11.8 Å². The molecule has 0 bridgehead atoms. The highest BCUT2D eigenvalue weighted by Gasteiger charge is 2.56. The van der Waals surface area contributed by atoms with Crippen LogP contribution in [0.15, 0.2) is 36.1 Å². The predicted octanol–water partition coefficient (Wildman–Crippen LogP) is 2.38. The third-order valence-corrected chi connectivity index (χ3v) is 4.18. The van der Waals surface area contributed by atoms with E-state index in [4.69, 9.17) is 14.3 Å². The summed E-state index contributed by atoms with van der Waals surface area (Å²) >= 11 is 0. The highest BCUT2D eigenvalue weighted by Crippen LogP contribution is 2.44. The first-order valence-corrected chi connectivity index (χ1v) is 6.91. The number of methoxy groups -OCH3 is 1. The quantitative estimate of drug-likeness (QED) is 0.631. The smallest absolute Gasteiger partial charge is 0.344 e. The maximum Gasteiger partial charge on any atom is 0.344 e. The normalized spacial score (nSPS) is 23.2. The van der Waals surface area contributed by atoms with E-state index in [9.17, 15) is 4.79 Å². The van der Waals surface area contributed by atoms with E-state index in [1.54, 1.807) is 14.0 Å². The number of ether oxygens (including phenoxy) is 2. The first-order valence-electron chi connectivity index (χ1n) is 6.91. The molecular weight excluding hydrogens is 270 g/mol. The van der Waals surface area contributed by atoms with Crippen LogP contribution in [0.3, 0.4) is 0 Å². The second-order valence-corrected chi connectivity index (χ2v) is 5.51. The summed E-state index contributed by atoms with van der Waals surface area (Å²) < 4.78 is 10.5. The van der Waals surface area contributed by atoms with E-state index in [-0.39, 0.29) is 10.6 Å². The Morgan fingerprint density at radius 1 is 1.29 bits per heavy atom. The SMILES string of the molecule is CCOC(=O)C1=CO[N+](C)(C)C1(C)c1ccc(OC)cc1. The van der Waals surface area contributed by atoms with Gasteiger partial charge in [-0.25, -0.2) is 4.79 Å². The van der Waals surface area contributed by atoms with Crippen LogP contribution < -0.4 is 4.74 Å². The molecule has 2 rings (SSSR count). The van der Waals surface area contributed by atoms with E-state index in [1.165, 1.54) is 6.26 Å². The van der Waals surface area contributed by atoms with Crippen molar-refractivity contribution in [3.05, 3.63) is 41.7 Å². The minimum Gasteiger partial charge on any atom is -0.497 e. The molecule has 1 unspecified atom stereocenters. The third kappa shape index (κ3) is 2.38. The number of carbonyl (C=O) groups excluding carboxylic acids is 1. The molecule has 0 spiro atoms. The Bertz CT molecular complexity index is 562. The van der Waals surface area contributed by atoms with Crippen LogP contribution in [0.25, 0.3) is 0 Å². The van der Waals surface area contributed by atoms with Crippen LogP contribution in [0.1, 0.15) is 19.4 Å². The summed E-state index contributed by atoms with van der Waals surface area (Å²) in [6, 6.07) is 7.64. The van der Waals surface area contributed by atoms with Crippen molar-refractivity contribution in [1.82, 2.24) is 0 Å². The molecular formula is C16H22NO4+. The van der Waals surface area contributed by atoms with Crippen molar-refractivity contribution >= 4 is 5.97 Å². The van der Waals surface area contributed by atoms with Crippen molar-refractivity contribution in [3.63, 3.8) is 0 Å². The van der Waals surface area contributed by atoms with E-state index >= 15 is 0 Å². The van der Waals surface area contributed by atoms with Gasteiger partial charge in [0.1, 0.15) is 25.4 Å². The van der Waals surface area contributed by atoms with E-state index in [0.717, 1.165) is 11.3 Å². The Hall–Kier alpha value is -2.01. The minimum absolute atomic E-state index is 0.188. The van der Waals surface area contributed by atoms with Crippen molar-refractivity contribution in [3.8, 4) is 5.75 Å². The van der Waals surface area contributed by atoms with Gasteiger partial charge in [0.25, 0.3) is 0 Å². The number of hydroxylamine groups is 3. The van der Waals surface area contributed by atoms with Gasteiger partial charge in [-0.3, -0.25) is 0 Å². The molecule has 114 valence electrons. The van der Waals surface area contributed by atoms with Crippen LogP contribution in [0.5, 0.6) is 5.75 Å². The Morgan fingerprint density at radius 3 is 2.43 bits per heavy atom. The molecule has 1 aliphatic rings. The zero-order valence-electron chi connectivity index (χ0n) is 13.2. The molecule has 1 aromatic rings. The number of nitrogens with zero attached hydrogens (tertiary/aromatic N) is 1. The van der Waals surface area contributed by atoms with Gasteiger partial charge in [-0.15, -0.1) is 4.65 Å². The van der Waals surface area contributed by atoms with Gasteiger partial charge < -0.3 is 14.3 Å². The van der Waals surface area contributed by atoms with Crippen LogP contribution in [0.2, 0.25) is 0 Å². The maximum absolute atomic E-state index is 12.2. The standard InChI is InChI=1S/C16H22NO4/c1-6-20-15(18)14-11-21-17(3,4)16(14,2)12-7-9-13(19-5)10-8-12/h7-11H,6H2,1-5H3/q+1. The molecule has 0 N–H and O–H groups in total. The van der Waals surface area contributed by atoms with Crippen molar-refractivity contribution in [1.29, 1.82) is 0 Å². The molecule has 1 aromatic carbocycles. The fraction of sp³-hybridized carbons (Fsp3) is 0.438. The second-order valence-electron chi connectivity index (χ2n) is 5.51. The summed E-state index contributed by atoms with van der Waals surface area (Å²) in [4.78, 5) is 17.9. The highest BCUT2D eigenvalue weighted by atomic mass is 16.7. The number of hydrogen-bond acceptors (Lipinski definition) is 4. The zero-order chi connectivity index (χ0) is 15.7. The van der Waals surface area contributed by atoms with E-state index in [2.05, 4.69) is 0 Å². The Labute approximate surface area is 125 Å². The van der Waals surface area contributed by atoms with Crippen LogP contribution in [0.4, 0.5) is 0 Å². The summed E-state index contributed by atoms with van der Waals surface area (Å²) in [5.74, 6) is 0.424. The van der Waals surface area contributed by atoms with Crippen molar-refractivity contribution in [2.75, 3.05) is 27.8 Å². The number of benzene rings is 1. The van der Waals surface area contributed by atoms with Gasteiger partial charge in [-0.05, 0) is 31.2 Å². The first kappa shape index (κ1) is 15.4. The second kappa shape index (κ2) is 5.41. The predicted molar refractivity (Wildman–Crippen MR) is 78.3 cm³/mol. The van der Waals surface area contributed by atoms with Crippen molar-refractivity contribution < 1.29 is 23.8 Å². The Balaban J connectivity index is 2.47. The summed E-state index contributed by atoms with van der Waals surface area (Å²) in [5.41, 5.74) is 0.836. The van der Waals surface area contributed by atoms with Gasteiger partial charge >= 0.3 is 5.97 Å². The van der Waals surface area contributed by atoms with Gasteiger partial charge in [0.05, 0.1) is 13.7 Å². The summed E-state index contributed by atoms with van der Waals surface area (Å²) in [7, 11) is 5.44. The fourth-order valence-electron chi connectivity index (χ4n) is 2.53. The monoisotopic (exact) mass is 292 g/mol. The largest absolute Gasteiger partial charge is 0.497 e. The van der Waals surface area contributed by atoms with E-state index < -0.39 is 5.54 Å². The van der Waals surface area contributed by atoms with Crippen molar-refractivity contribution in [2.45, 2.75) is 19.4 Å². The van der Waals surface area contributed by atoms with Gasteiger partial charge in [-0.2, -0.15) is 0 Å². The molecule has 0 aromatic heterocycles. The van der Waals surface area contributed by atoms with Crippen LogP contribution in [-0.2, 0) is 19.9 Å². The molecule has 1 atom stereocenters. The van der Waals surface area contributed by atoms with Gasteiger partial charge in [-0.1, -0.05) is 0 Å². The summed E-state index contributed by atoms with van der Waals surface area (Å²) in [6.45, 7) is 4.10. The van der Waals surface area contributed by atoms with E-state index in [0.29, 0.717) is 12.2 Å².